The van der Waals surface area contributed by atoms with Crippen LogP contribution in [-0.4, -0.2) is 26.3 Å². The first kappa shape index (κ1) is 21.8. The SMILES string of the molecule is CCCc1ccc(-c2csc(NC(=O)Cn3cc([N+](=O)[O-])cc(C(N)=O)c3=O)n2)cc1. The number of nitrogens with zero attached hydrogens (tertiary/aromatic N) is 3. The summed E-state index contributed by atoms with van der Waals surface area (Å²) >= 11 is 1.21. The Morgan fingerprint density at radius 3 is 2.61 bits per heavy atom. The topological polar surface area (TPSA) is 150 Å². The van der Waals surface area contributed by atoms with Crippen molar-refractivity contribution >= 4 is 34.0 Å². The van der Waals surface area contributed by atoms with Gasteiger partial charge >= 0.3 is 0 Å². The predicted octanol–water partition coefficient (Wildman–Crippen LogP) is 2.57. The summed E-state index contributed by atoms with van der Waals surface area (Å²) in [5.41, 5.74) is 5.95. The lowest BCUT2D eigenvalue weighted by molar-refractivity contribution is -0.385. The molecular formula is C20H19N5O5S. The van der Waals surface area contributed by atoms with Crippen LogP contribution in [0.5, 0.6) is 0 Å². The third-order valence-corrected chi connectivity index (χ3v) is 5.16. The molecule has 2 aromatic heterocycles. The summed E-state index contributed by atoms with van der Waals surface area (Å²) in [5, 5.41) is 15.7. The first-order chi connectivity index (χ1) is 14.8. The first-order valence-corrected chi connectivity index (χ1v) is 10.2. The molecule has 0 aliphatic rings. The number of carbonyl (C=O) groups is 2. The van der Waals surface area contributed by atoms with Crippen molar-refractivity contribution in [2.45, 2.75) is 26.3 Å². The van der Waals surface area contributed by atoms with Gasteiger partial charge in [0, 0.05) is 17.0 Å². The lowest BCUT2D eigenvalue weighted by Gasteiger charge is -2.07. The van der Waals surface area contributed by atoms with Crippen molar-refractivity contribution in [3.63, 3.8) is 0 Å². The van der Waals surface area contributed by atoms with E-state index in [-0.39, 0.29) is 0 Å². The molecule has 0 aliphatic heterocycles. The number of pyridine rings is 1. The number of rotatable bonds is 8. The van der Waals surface area contributed by atoms with Crippen molar-refractivity contribution in [2.24, 2.45) is 5.73 Å². The standard InChI is InChI=1S/C20H19N5O5S/c1-2-3-12-4-6-13(7-5-12)16-11-31-20(22-16)23-17(26)10-24-9-14(25(29)30)8-15(18(21)27)19(24)28/h4-9,11H,2-3,10H2,1H3,(H2,21,27)(H,22,23,26). The normalized spacial score (nSPS) is 10.6. The van der Waals surface area contributed by atoms with Crippen LogP contribution in [0, 0.1) is 10.1 Å². The van der Waals surface area contributed by atoms with Crippen LogP contribution >= 0.6 is 11.3 Å². The van der Waals surface area contributed by atoms with Crippen LogP contribution in [-0.2, 0) is 17.8 Å². The molecule has 3 aromatic rings. The van der Waals surface area contributed by atoms with Crippen molar-refractivity contribution in [1.82, 2.24) is 9.55 Å². The van der Waals surface area contributed by atoms with E-state index in [0.717, 1.165) is 35.2 Å². The fraction of sp³-hybridized carbons (Fsp3) is 0.200. The van der Waals surface area contributed by atoms with Crippen LogP contribution in [0.2, 0.25) is 0 Å². The van der Waals surface area contributed by atoms with Gasteiger partial charge in [0.1, 0.15) is 12.1 Å². The Hall–Kier alpha value is -3.86. The zero-order chi connectivity index (χ0) is 22.5. The van der Waals surface area contributed by atoms with Gasteiger partial charge in [0.15, 0.2) is 5.13 Å². The number of aryl methyl sites for hydroxylation is 1. The summed E-state index contributed by atoms with van der Waals surface area (Å²) in [6.45, 7) is 1.57. The Labute approximate surface area is 180 Å². The largest absolute Gasteiger partial charge is 0.365 e. The average molecular weight is 441 g/mol. The average Bonchev–Trinajstić information content (AvgIpc) is 3.18. The van der Waals surface area contributed by atoms with Crippen molar-refractivity contribution in [1.29, 1.82) is 0 Å². The maximum atomic E-state index is 12.4. The molecule has 0 unspecified atom stereocenters. The summed E-state index contributed by atoms with van der Waals surface area (Å²) in [7, 11) is 0. The molecule has 31 heavy (non-hydrogen) atoms. The number of anilines is 1. The molecule has 0 spiro atoms. The molecule has 2 amide bonds. The Balaban J connectivity index is 1.75. The van der Waals surface area contributed by atoms with Crippen LogP contribution in [0.3, 0.4) is 0 Å². The second-order valence-corrected chi connectivity index (χ2v) is 7.56. The molecule has 2 heterocycles. The zero-order valence-corrected chi connectivity index (χ0v) is 17.3. The molecule has 0 bridgehead atoms. The molecule has 1 aromatic carbocycles. The molecule has 0 saturated heterocycles. The lowest BCUT2D eigenvalue weighted by Crippen LogP contribution is -2.33. The summed E-state index contributed by atoms with van der Waals surface area (Å²) in [4.78, 5) is 50.7. The van der Waals surface area contributed by atoms with E-state index in [1.165, 1.54) is 16.9 Å². The zero-order valence-electron chi connectivity index (χ0n) is 16.5. The Morgan fingerprint density at radius 2 is 2.00 bits per heavy atom. The van der Waals surface area contributed by atoms with Crippen LogP contribution in [0.15, 0.2) is 46.7 Å². The Morgan fingerprint density at radius 1 is 1.29 bits per heavy atom. The summed E-state index contributed by atoms with van der Waals surface area (Å²) in [6, 6.07) is 8.76. The van der Waals surface area contributed by atoms with Crippen molar-refractivity contribution in [2.75, 3.05) is 5.32 Å². The van der Waals surface area contributed by atoms with Crippen molar-refractivity contribution < 1.29 is 14.5 Å². The van der Waals surface area contributed by atoms with Gasteiger partial charge in [-0.25, -0.2) is 4.98 Å². The number of benzene rings is 1. The fourth-order valence-corrected chi connectivity index (χ4v) is 3.66. The molecule has 10 nitrogen and oxygen atoms in total. The van der Waals surface area contributed by atoms with E-state index >= 15 is 0 Å². The molecular weight excluding hydrogens is 422 g/mol. The number of nitrogens with two attached hydrogens (primary N) is 1. The lowest BCUT2D eigenvalue weighted by atomic mass is 10.1. The summed E-state index contributed by atoms with van der Waals surface area (Å²) in [5.74, 6) is -1.74. The summed E-state index contributed by atoms with van der Waals surface area (Å²) < 4.78 is 0.772. The van der Waals surface area contributed by atoms with E-state index in [1.54, 1.807) is 5.38 Å². The van der Waals surface area contributed by atoms with Gasteiger partial charge in [-0.15, -0.1) is 11.3 Å². The molecule has 0 fully saturated rings. The molecule has 160 valence electrons. The van der Waals surface area contributed by atoms with Crippen molar-refractivity contribution in [3.05, 3.63) is 73.5 Å². The van der Waals surface area contributed by atoms with Gasteiger partial charge in [-0.1, -0.05) is 37.6 Å². The smallest absolute Gasteiger partial charge is 0.286 e. The van der Waals surface area contributed by atoms with E-state index in [1.807, 2.05) is 24.3 Å². The van der Waals surface area contributed by atoms with Crippen LogP contribution < -0.4 is 16.6 Å². The van der Waals surface area contributed by atoms with E-state index in [0.29, 0.717) is 10.8 Å². The number of amides is 2. The maximum absolute atomic E-state index is 12.4. The second-order valence-electron chi connectivity index (χ2n) is 6.70. The van der Waals surface area contributed by atoms with Gasteiger partial charge in [-0.3, -0.25) is 29.1 Å². The minimum atomic E-state index is -1.11. The minimum absolute atomic E-state index is 0.311. The first-order valence-electron chi connectivity index (χ1n) is 9.32. The van der Waals surface area contributed by atoms with Crippen LogP contribution in [0.25, 0.3) is 11.3 Å². The summed E-state index contributed by atoms with van der Waals surface area (Å²) in [6.07, 6.45) is 2.94. The van der Waals surface area contributed by atoms with E-state index in [2.05, 4.69) is 17.2 Å². The van der Waals surface area contributed by atoms with Gasteiger partial charge in [-0.2, -0.15) is 0 Å². The highest BCUT2D eigenvalue weighted by Gasteiger charge is 2.19. The Kier molecular flexibility index (Phi) is 6.55. The number of nitro groups is 1. The maximum Gasteiger partial charge on any atom is 0.286 e. The number of carbonyl (C=O) groups excluding carboxylic acids is 2. The molecule has 0 atom stereocenters. The van der Waals surface area contributed by atoms with E-state index in [9.17, 15) is 24.5 Å². The number of hydrogen-bond donors (Lipinski definition) is 2. The molecule has 3 N–H and O–H groups in total. The molecule has 0 saturated carbocycles. The van der Waals surface area contributed by atoms with E-state index < -0.39 is 40.1 Å². The number of hydrogen-bond acceptors (Lipinski definition) is 7. The Bertz CT molecular complexity index is 1200. The van der Waals surface area contributed by atoms with Gasteiger partial charge in [0.05, 0.1) is 16.8 Å². The highest BCUT2D eigenvalue weighted by atomic mass is 32.1. The van der Waals surface area contributed by atoms with Crippen LogP contribution in [0.4, 0.5) is 10.8 Å². The minimum Gasteiger partial charge on any atom is -0.365 e. The third kappa shape index (κ3) is 5.20. The number of primary amides is 1. The monoisotopic (exact) mass is 441 g/mol. The second kappa shape index (κ2) is 9.30. The number of nitrogens with one attached hydrogen (secondary N) is 1. The third-order valence-electron chi connectivity index (χ3n) is 4.40. The van der Waals surface area contributed by atoms with Crippen LogP contribution in [0.1, 0.15) is 29.3 Å². The van der Waals surface area contributed by atoms with Crippen molar-refractivity contribution in [3.8, 4) is 11.3 Å². The highest BCUT2D eigenvalue weighted by Crippen LogP contribution is 2.25. The molecule has 0 radical (unpaired) electrons. The molecule has 0 aliphatic carbocycles. The van der Waals surface area contributed by atoms with Gasteiger partial charge in [0.2, 0.25) is 5.91 Å². The van der Waals surface area contributed by atoms with Gasteiger partial charge in [0.25, 0.3) is 17.2 Å². The fourth-order valence-electron chi connectivity index (χ4n) is 2.92. The number of aromatic nitrogens is 2. The highest BCUT2D eigenvalue weighted by molar-refractivity contribution is 7.14. The molecule has 3 rings (SSSR count). The number of thiazole rings is 1. The quantitative estimate of drug-likeness (QED) is 0.405. The van der Waals surface area contributed by atoms with E-state index in [4.69, 9.17) is 5.73 Å². The van der Waals surface area contributed by atoms with Gasteiger partial charge < -0.3 is 11.1 Å². The predicted molar refractivity (Wildman–Crippen MR) is 116 cm³/mol. The molecule has 11 heteroatoms. The van der Waals surface area contributed by atoms with Gasteiger partial charge in [-0.05, 0) is 12.0 Å².